The molecule has 0 aliphatic carbocycles. The number of hydrogen-bond donors (Lipinski definition) is 1. The van der Waals surface area contributed by atoms with Crippen molar-refractivity contribution in [2.24, 2.45) is 5.92 Å². The quantitative estimate of drug-likeness (QED) is 0.599. The van der Waals surface area contributed by atoms with Crippen molar-refractivity contribution in [3.8, 4) is 17.2 Å². The van der Waals surface area contributed by atoms with Gasteiger partial charge in [-0.1, -0.05) is 42.5 Å². The fourth-order valence-electron chi connectivity index (χ4n) is 4.97. The maximum absolute atomic E-state index is 13.8. The van der Waals surface area contributed by atoms with Gasteiger partial charge in [0, 0.05) is 30.5 Å². The van der Waals surface area contributed by atoms with Crippen LogP contribution in [0.25, 0.3) is 0 Å². The molecule has 2 aliphatic heterocycles. The lowest BCUT2D eigenvalue weighted by atomic mass is 9.62. The van der Waals surface area contributed by atoms with Crippen molar-refractivity contribution >= 4 is 6.09 Å². The number of halogens is 1. The molecule has 3 aromatic rings. The summed E-state index contributed by atoms with van der Waals surface area (Å²) < 4.78 is 30.8. The van der Waals surface area contributed by atoms with Crippen molar-refractivity contribution in [3.63, 3.8) is 0 Å². The Morgan fingerprint density at radius 1 is 1.03 bits per heavy atom. The fraction of sp³-hybridized carbons (Fsp3) is 0.269. The molecule has 0 spiro atoms. The lowest BCUT2D eigenvalue weighted by Crippen LogP contribution is -2.54. The Labute approximate surface area is 191 Å². The van der Waals surface area contributed by atoms with Crippen LogP contribution in [0.15, 0.2) is 72.8 Å². The number of ether oxygens (including phenoxy) is 3. The summed E-state index contributed by atoms with van der Waals surface area (Å²) >= 11 is 0. The number of fused-ring (bicyclic) bond motifs is 1. The van der Waals surface area contributed by atoms with E-state index in [9.17, 15) is 14.3 Å². The van der Waals surface area contributed by atoms with Crippen LogP contribution in [0.3, 0.4) is 0 Å². The van der Waals surface area contributed by atoms with Gasteiger partial charge in [-0.3, -0.25) is 0 Å². The maximum atomic E-state index is 13.8. The third-order valence-corrected chi connectivity index (χ3v) is 6.63. The van der Waals surface area contributed by atoms with Crippen LogP contribution >= 0.6 is 0 Å². The molecular weight excluding hydrogens is 425 g/mol. The Morgan fingerprint density at radius 3 is 2.52 bits per heavy atom. The molecule has 1 saturated heterocycles. The predicted octanol–water partition coefficient (Wildman–Crippen LogP) is 4.92. The summed E-state index contributed by atoms with van der Waals surface area (Å²) in [5, 5.41) is 9.70. The summed E-state index contributed by atoms with van der Waals surface area (Å²) in [6, 6.07) is 21.9. The average Bonchev–Trinajstić information content (AvgIpc) is 3.31. The van der Waals surface area contributed by atoms with Crippen molar-refractivity contribution in [2.75, 3.05) is 26.5 Å². The summed E-state index contributed by atoms with van der Waals surface area (Å²) in [5.41, 5.74) is 1.47. The Balaban J connectivity index is 1.53. The third kappa shape index (κ3) is 3.95. The number of hydrogen-bond acceptors (Lipinski definition) is 4. The minimum Gasteiger partial charge on any atom is -0.493 e. The first kappa shape index (κ1) is 21.1. The fourth-order valence-corrected chi connectivity index (χ4v) is 4.97. The largest absolute Gasteiger partial charge is 0.493 e. The Morgan fingerprint density at radius 2 is 1.76 bits per heavy atom. The van der Waals surface area contributed by atoms with Crippen molar-refractivity contribution in [1.29, 1.82) is 0 Å². The van der Waals surface area contributed by atoms with Gasteiger partial charge in [0.25, 0.3) is 0 Å². The van der Waals surface area contributed by atoms with Crippen LogP contribution in [0.4, 0.5) is 9.18 Å². The molecule has 1 fully saturated rings. The molecule has 170 valence electrons. The Kier molecular flexibility index (Phi) is 5.54. The first-order valence-electron chi connectivity index (χ1n) is 10.9. The molecule has 7 heteroatoms. The number of carboxylic acid groups (broad SMARTS) is 1. The second-order valence-electron chi connectivity index (χ2n) is 8.35. The summed E-state index contributed by atoms with van der Waals surface area (Å²) in [5.74, 6) is 1.39. The predicted molar refractivity (Wildman–Crippen MR) is 119 cm³/mol. The molecule has 2 atom stereocenters. The molecule has 1 N–H and O–H groups in total. The van der Waals surface area contributed by atoms with Crippen LogP contribution in [0.5, 0.6) is 17.2 Å². The first-order chi connectivity index (χ1) is 16.1. The van der Waals surface area contributed by atoms with Gasteiger partial charge >= 0.3 is 6.09 Å². The highest BCUT2D eigenvalue weighted by Crippen LogP contribution is 2.46. The van der Waals surface area contributed by atoms with Gasteiger partial charge in [0.15, 0.2) is 11.5 Å². The number of amides is 1. The topological polar surface area (TPSA) is 68.2 Å². The summed E-state index contributed by atoms with van der Waals surface area (Å²) in [7, 11) is 0. The molecule has 6 nitrogen and oxygen atoms in total. The molecule has 2 aliphatic rings. The minimum atomic E-state index is -0.955. The van der Waals surface area contributed by atoms with Crippen LogP contribution < -0.4 is 14.2 Å². The number of benzene rings is 3. The average molecular weight is 449 g/mol. The van der Waals surface area contributed by atoms with Crippen molar-refractivity contribution in [3.05, 3.63) is 89.7 Å². The maximum Gasteiger partial charge on any atom is 0.407 e. The van der Waals surface area contributed by atoms with E-state index in [0.717, 1.165) is 11.1 Å². The van der Waals surface area contributed by atoms with E-state index < -0.39 is 11.5 Å². The van der Waals surface area contributed by atoms with Gasteiger partial charge in [-0.15, -0.1) is 0 Å². The number of likely N-dealkylation sites (tertiary alicyclic amines) is 1. The van der Waals surface area contributed by atoms with E-state index in [1.807, 2.05) is 36.4 Å². The van der Waals surface area contributed by atoms with Crippen LogP contribution in [0.2, 0.25) is 0 Å². The first-order valence-corrected chi connectivity index (χ1v) is 10.9. The lowest BCUT2D eigenvalue weighted by Gasteiger charge is -2.48. The molecular formula is C26H24FNO5. The number of piperidine rings is 1. The van der Waals surface area contributed by atoms with Gasteiger partial charge < -0.3 is 24.2 Å². The summed E-state index contributed by atoms with van der Waals surface area (Å²) in [4.78, 5) is 13.3. The molecule has 1 amide bonds. The molecule has 5 rings (SSSR count). The standard InChI is InChI=1S/C26H24FNO5/c27-21-8-6-19(7-9-21)26(18-4-2-1-3-5-18)12-13-28(25(29)30)15-20(26)16-31-22-10-11-23-24(14-22)33-17-32-23/h1-11,14,20H,12-13,15-17H2,(H,29,30)/t20-,26+/m0/s1. The SMILES string of the molecule is O=C(O)N1CC[C@@](c2ccccc2)(c2ccc(F)cc2)[C@H](COc2ccc3c(c2)OCO3)C1. The number of nitrogens with zero attached hydrogens (tertiary/aromatic N) is 1. The molecule has 3 aromatic carbocycles. The van der Waals surface area contributed by atoms with Crippen molar-refractivity contribution in [1.82, 2.24) is 4.90 Å². The summed E-state index contributed by atoms with van der Waals surface area (Å²) in [6.07, 6.45) is -0.395. The van der Waals surface area contributed by atoms with Gasteiger partial charge in [0.2, 0.25) is 6.79 Å². The van der Waals surface area contributed by atoms with Gasteiger partial charge in [0.05, 0.1) is 6.61 Å². The molecule has 0 aromatic heterocycles. The van der Waals surface area contributed by atoms with Gasteiger partial charge in [-0.25, -0.2) is 9.18 Å². The highest BCUT2D eigenvalue weighted by molar-refractivity contribution is 5.65. The highest BCUT2D eigenvalue weighted by Gasteiger charge is 2.47. The molecule has 0 unspecified atom stereocenters. The smallest absolute Gasteiger partial charge is 0.407 e. The molecule has 0 radical (unpaired) electrons. The van der Waals surface area contributed by atoms with E-state index in [4.69, 9.17) is 14.2 Å². The zero-order chi connectivity index (χ0) is 22.8. The molecule has 0 bridgehead atoms. The van der Waals surface area contributed by atoms with E-state index in [-0.39, 0.29) is 25.1 Å². The lowest BCUT2D eigenvalue weighted by molar-refractivity contribution is 0.0696. The van der Waals surface area contributed by atoms with E-state index in [1.54, 1.807) is 24.3 Å². The summed E-state index contributed by atoms with van der Waals surface area (Å²) in [6.45, 7) is 1.13. The normalized spacial score (nSPS) is 21.6. The van der Waals surface area contributed by atoms with Crippen LogP contribution in [-0.2, 0) is 5.41 Å². The Hall–Kier alpha value is -3.74. The number of rotatable bonds is 5. The van der Waals surface area contributed by atoms with Gasteiger partial charge in [0.1, 0.15) is 11.6 Å². The molecule has 2 heterocycles. The van der Waals surface area contributed by atoms with Gasteiger partial charge in [-0.05, 0) is 41.8 Å². The van der Waals surface area contributed by atoms with Crippen molar-refractivity contribution in [2.45, 2.75) is 11.8 Å². The molecule has 0 saturated carbocycles. The van der Waals surface area contributed by atoms with Crippen LogP contribution in [0.1, 0.15) is 17.5 Å². The zero-order valence-corrected chi connectivity index (χ0v) is 17.9. The van der Waals surface area contributed by atoms with Crippen molar-refractivity contribution < 1.29 is 28.5 Å². The second-order valence-corrected chi connectivity index (χ2v) is 8.35. The second kappa shape index (κ2) is 8.65. The van der Waals surface area contributed by atoms with Gasteiger partial charge in [-0.2, -0.15) is 0 Å². The minimum absolute atomic E-state index is 0.177. The number of carbonyl (C=O) groups is 1. The Bertz CT molecular complexity index is 1140. The third-order valence-electron chi connectivity index (χ3n) is 6.63. The van der Waals surface area contributed by atoms with Crippen LogP contribution in [0, 0.1) is 11.7 Å². The zero-order valence-electron chi connectivity index (χ0n) is 17.9. The molecule has 33 heavy (non-hydrogen) atoms. The van der Waals surface area contributed by atoms with Crippen LogP contribution in [-0.4, -0.2) is 42.6 Å². The van der Waals surface area contributed by atoms with E-state index >= 15 is 0 Å². The van der Waals surface area contributed by atoms with E-state index in [1.165, 1.54) is 17.0 Å². The van der Waals surface area contributed by atoms with E-state index in [2.05, 4.69) is 0 Å². The van der Waals surface area contributed by atoms with E-state index in [0.29, 0.717) is 36.8 Å². The monoisotopic (exact) mass is 449 g/mol. The highest BCUT2D eigenvalue weighted by atomic mass is 19.1.